The van der Waals surface area contributed by atoms with Crippen molar-refractivity contribution in [1.82, 2.24) is 9.71 Å². The summed E-state index contributed by atoms with van der Waals surface area (Å²) in [6, 6.07) is 2.44. The normalized spacial score (nSPS) is 12.2. The van der Waals surface area contributed by atoms with Gasteiger partial charge in [-0.25, -0.2) is 0 Å². The number of aromatic nitrogens is 1. The highest BCUT2D eigenvalue weighted by Crippen LogP contribution is 2.13. The van der Waals surface area contributed by atoms with Crippen molar-refractivity contribution in [2.45, 2.75) is 12.6 Å². The summed E-state index contributed by atoms with van der Waals surface area (Å²) in [6.07, 6.45) is -4.01. The second-order valence-corrected chi connectivity index (χ2v) is 5.15. The summed E-state index contributed by atoms with van der Waals surface area (Å²) in [6.45, 7) is -1.70. The third kappa shape index (κ3) is 6.33. The van der Waals surface area contributed by atoms with Gasteiger partial charge in [-0.05, 0) is 12.1 Å². The van der Waals surface area contributed by atoms with E-state index >= 15 is 0 Å². The first-order chi connectivity index (χ1) is 9.07. The van der Waals surface area contributed by atoms with Gasteiger partial charge in [-0.2, -0.15) is 26.3 Å². The first kappa shape index (κ1) is 16.2. The lowest BCUT2D eigenvalue weighted by Gasteiger charge is -2.11. The number of pyridine rings is 1. The van der Waals surface area contributed by atoms with Crippen LogP contribution in [0.15, 0.2) is 18.3 Å². The molecule has 3 N–H and O–H groups in total. The number of halogens is 3. The average molecular weight is 313 g/mol. The lowest BCUT2D eigenvalue weighted by molar-refractivity contribution is -0.136. The number of hydrogen-bond donors (Lipinski definition) is 3. The van der Waals surface area contributed by atoms with Crippen molar-refractivity contribution >= 4 is 21.9 Å². The third-order valence-corrected chi connectivity index (χ3v) is 2.90. The standard InChI is InChI=1S/C9H10F3N3O4S/c10-9(11,12)5-14-20(18,19)15-7-2-1-6(13-4-7)3-8(16)17/h1-2,4,14-15H,3,5H2,(H,16,17). The molecule has 1 rings (SSSR count). The minimum atomic E-state index is -4.67. The number of nitrogens with one attached hydrogen (secondary N) is 2. The molecule has 0 saturated carbocycles. The van der Waals surface area contributed by atoms with Crippen LogP contribution in [0, 0.1) is 0 Å². The van der Waals surface area contributed by atoms with Crippen LogP contribution in [0.2, 0.25) is 0 Å². The Bertz CT molecular complexity index is 571. The fourth-order valence-corrected chi connectivity index (χ4v) is 1.97. The summed E-state index contributed by atoms with van der Waals surface area (Å²) in [5, 5.41) is 8.50. The summed E-state index contributed by atoms with van der Waals surface area (Å²) in [7, 11) is -4.38. The number of carbonyl (C=O) groups is 1. The smallest absolute Gasteiger partial charge is 0.402 e. The molecule has 1 aromatic rings. The molecule has 0 spiro atoms. The summed E-state index contributed by atoms with van der Waals surface area (Å²) in [5.41, 5.74) is 0.0949. The van der Waals surface area contributed by atoms with Crippen LogP contribution in [0.25, 0.3) is 0 Å². The minimum absolute atomic E-state index is 0.0891. The van der Waals surface area contributed by atoms with E-state index in [0.717, 1.165) is 6.20 Å². The molecular formula is C9H10F3N3O4S. The maximum atomic E-state index is 11.9. The highest BCUT2D eigenvalue weighted by Gasteiger charge is 2.29. The number of carboxylic acids is 1. The van der Waals surface area contributed by atoms with Crippen molar-refractivity contribution in [1.29, 1.82) is 0 Å². The average Bonchev–Trinajstić information content (AvgIpc) is 2.28. The number of anilines is 1. The Balaban J connectivity index is 2.66. The van der Waals surface area contributed by atoms with E-state index in [1.54, 1.807) is 0 Å². The van der Waals surface area contributed by atoms with Crippen LogP contribution in [0.3, 0.4) is 0 Å². The molecular weight excluding hydrogens is 303 g/mol. The van der Waals surface area contributed by atoms with Crippen LogP contribution in [0.1, 0.15) is 5.69 Å². The molecule has 0 saturated heterocycles. The second-order valence-electron chi connectivity index (χ2n) is 3.65. The van der Waals surface area contributed by atoms with E-state index in [-0.39, 0.29) is 17.8 Å². The Morgan fingerprint density at radius 1 is 1.35 bits per heavy atom. The van der Waals surface area contributed by atoms with E-state index in [1.165, 1.54) is 16.9 Å². The van der Waals surface area contributed by atoms with Gasteiger partial charge in [-0.1, -0.05) is 0 Å². The zero-order valence-electron chi connectivity index (χ0n) is 9.81. The molecule has 1 heterocycles. The number of alkyl halides is 3. The number of hydrogen-bond acceptors (Lipinski definition) is 4. The van der Waals surface area contributed by atoms with E-state index in [9.17, 15) is 26.4 Å². The number of aliphatic carboxylic acids is 1. The van der Waals surface area contributed by atoms with Gasteiger partial charge in [0.15, 0.2) is 0 Å². The van der Waals surface area contributed by atoms with Crippen molar-refractivity contribution in [3.63, 3.8) is 0 Å². The Kier molecular flexibility index (Phi) is 4.89. The van der Waals surface area contributed by atoms with Crippen molar-refractivity contribution in [2.75, 3.05) is 11.3 Å². The largest absolute Gasteiger partial charge is 0.481 e. The van der Waals surface area contributed by atoms with Gasteiger partial charge in [0.25, 0.3) is 10.2 Å². The molecule has 0 fully saturated rings. The van der Waals surface area contributed by atoms with Crippen molar-refractivity contribution < 1.29 is 31.5 Å². The van der Waals surface area contributed by atoms with Crippen LogP contribution in [0.4, 0.5) is 18.9 Å². The maximum absolute atomic E-state index is 11.9. The van der Waals surface area contributed by atoms with Gasteiger partial charge >= 0.3 is 12.1 Å². The molecule has 0 aliphatic heterocycles. The van der Waals surface area contributed by atoms with E-state index in [1.807, 2.05) is 4.72 Å². The van der Waals surface area contributed by atoms with Crippen molar-refractivity contribution in [3.05, 3.63) is 24.0 Å². The topological polar surface area (TPSA) is 108 Å². The maximum Gasteiger partial charge on any atom is 0.402 e. The van der Waals surface area contributed by atoms with Crippen LogP contribution < -0.4 is 9.44 Å². The van der Waals surface area contributed by atoms with Crippen molar-refractivity contribution in [2.24, 2.45) is 0 Å². The minimum Gasteiger partial charge on any atom is -0.481 e. The van der Waals surface area contributed by atoms with Crippen LogP contribution in [-0.2, 0) is 21.4 Å². The van der Waals surface area contributed by atoms with Crippen molar-refractivity contribution in [3.8, 4) is 0 Å². The number of nitrogens with zero attached hydrogens (tertiary/aromatic N) is 1. The molecule has 0 aliphatic carbocycles. The van der Waals surface area contributed by atoms with Gasteiger partial charge in [0.1, 0.15) is 6.54 Å². The van der Waals surface area contributed by atoms with Gasteiger partial charge in [0.05, 0.1) is 24.0 Å². The Labute approximate surface area is 112 Å². The molecule has 0 aliphatic rings. The SMILES string of the molecule is O=C(O)Cc1ccc(NS(=O)(=O)NCC(F)(F)F)cn1. The summed E-state index contributed by atoms with van der Waals surface area (Å²) in [5.74, 6) is -1.11. The molecule has 0 radical (unpaired) electrons. The van der Waals surface area contributed by atoms with Gasteiger partial charge in [0, 0.05) is 0 Å². The lowest BCUT2D eigenvalue weighted by atomic mass is 10.3. The molecule has 7 nitrogen and oxygen atoms in total. The highest BCUT2D eigenvalue weighted by atomic mass is 32.2. The molecule has 0 unspecified atom stereocenters. The fraction of sp³-hybridized carbons (Fsp3) is 0.333. The van der Waals surface area contributed by atoms with Crippen LogP contribution >= 0.6 is 0 Å². The van der Waals surface area contributed by atoms with Gasteiger partial charge < -0.3 is 5.11 Å². The van der Waals surface area contributed by atoms with Gasteiger partial charge in [-0.3, -0.25) is 14.5 Å². The monoisotopic (exact) mass is 313 g/mol. The fourth-order valence-electron chi connectivity index (χ4n) is 1.11. The zero-order chi connectivity index (χ0) is 15.4. The molecule has 11 heteroatoms. The van der Waals surface area contributed by atoms with Gasteiger partial charge in [0.2, 0.25) is 0 Å². The zero-order valence-corrected chi connectivity index (χ0v) is 10.6. The summed E-state index contributed by atoms with van der Waals surface area (Å²) in [4.78, 5) is 14.0. The Hall–Kier alpha value is -1.88. The first-order valence-corrected chi connectivity index (χ1v) is 6.56. The van der Waals surface area contributed by atoms with E-state index in [2.05, 4.69) is 4.98 Å². The lowest BCUT2D eigenvalue weighted by Crippen LogP contribution is -2.37. The summed E-state index contributed by atoms with van der Waals surface area (Å²) >= 11 is 0. The summed E-state index contributed by atoms with van der Waals surface area (Å²) < 4.78 is 61.3. The molecule has 20 heavy (non-hydrogen) atoms. The molecule has 112 valence electrons. The molecule has 0 aromatic carbocycles. The number of rotatable bonds is 6. The quantitative estimate of drug-likeness (QED) is 0.709. The molecule has 0 atom stereocenters. The van der Waals surface area contributed by atoms with E-state index in [4.69, 9.17) is 5.11 Å². The predicted octanol–water partition coefficient (Wildman–Crippen LogP) is 0.517. The third-order valence-electron chi connectivity index (χ3n) is 1.87. The van der Waals surface area contributed by atoms with Crippen LogP contribution in [-0.4, -0.2) is 37.2 Å². The van der Waals surface area contributed by atoms with Gasteiger partial charge in [-0.15, -0.1) is 0 Å². The Morgan fingerprint density at radius 3 is 2.45 bits per heavy atom. The predicted molar refractivity (Wildman–Crippen MR) is 62.2 cm³/mol. The van der Waals surface area contributed by atoms with E-state index < -0.39 is 28.9 Å². The first-order valence-electron chi connectivity index (χ1n) is 5.08. The van der Waals surface area contributed by atoms with E-state index in [0.29, 0.717) is 0 Å². The number of carboxylic acid groups (broad SMARTS) is 1. The highest BCUT2D eigenvalue weighted by molar-refractivity contribution is 7.90. The molecule has 1 aromatic heterocycles. The molecule has 0 amide bonds. The van der Waals surface area contributed by atoms with Crippen LogP contribution in [0.5, 0.6) is 0 Å². The second kappa shape index (κ2) is 6.05. The Morgan fingerprint density at radius 2 is 2.00 bits per heavy atom. The molecule has 0 bridgehead atoms.